The fourth-order valence-electron chi connectivity index (χ4n) is 1.71. The third kappa shape index (κ3) is 3.21. The number of nitrogens with two attached hydrogens (primary N) is 1. The van der Waals surface area contributed by atoms with E-state index in [9.17, 15) is 9.18 Å². The first-order chi connectivity index (χ1) is 9.47. The maximum atomic E-state index is 13.2. The van der Waals surface area contributed by atoms with Crippen LogP contribution >= 0.6 is 11.6 Å². The van der Waals surface area contributed by atoms with E-state index in [0.29, 0.717) is 5.56 Å². The van der Waals surface area contributed by atoms with E-state index in [0.717, 1.165) is 0 Å². The van der Waals surface area contributed by atoms with Crippen molar-refractivity contribution in [3.8, 4) is 0 Å². The number of rotatable bonds is 4. The molecule has 2 aromatic rings. The lowest BCUT2D eigenvalue weighted by Crippen LogP contribution is -2.18. The van der Waals surface area contributed by atoms with Gasteiger partial charge in [0.15, 0.2) is 0 Å². The smallest absolute Gasteiger partial charge is 0.254 e. The van der Waals surface area contributed by atoms with Crippen LogP contribution in [-0.4, -0.2) is 15.9 Å². The Kier molecular flexibility index (Phi) is 4.14. The maximum absolute atomic E-state index is 13.2. The Bertz CT molecular complexity index is 650. The summed E-state index contributed by atoms with van der Waals surface area (Å²) in [5, 5.41) is 2.96. The van der Waals surface area contributed by atoms with E-state index < -0.39 is 5.91 Å². The highest BCUT2D eigenvalue weighted by Gasteiger charge is 2.14. The molecule has 2 rings (SSSR count). The first-order valence-corrected chi connectivity index (χ1v) is 6.19. The molecule has 104 valence electrons. The van der Waals surface area contributed by atoms with Crippen molar-refractivity contribution in [3.05, 3.63) is 52.7 Å². The van der Waals surface area contributed by atoms with Crippen molar-refractivity contribution in [2.75, 3.05) is 5.32 Å². The van der Waals surface area contributed by atoms with E-state index in [1.54, 1.807) is 19.1 Å². The zero-order valence-corrected chi connectivity index (χ0v) is 11.4. The molecule has 0 fully saturated rings. The highest BCUT2D eigenvalue weighted by atomic mass is 35.5. The van der Waals surface area contributed by atoms with Crippen molar-refractivity contribution in [1.82, 2.24) is 9.97 Å². The molecule has 7 heteroatoms. The minimum absolute atomic E-state index is 0.0102. The number of hydrogen-bond acceptors (Lipinski definition) is 4. The van der Waals surface area contributed by atoms with Crippen LogP contribution in [0.25, 0.3) is 0 Å². The van der Waals surface area contributed by atoms with E-state index in [1.807, 2.05) is 0 Å². The minimum atomic E-state index is -0.671. The number of amides is 1. The van der Waals surface area contributed by atoms with E-state index >= 15 is 0 Å². The van der Waals surface area contributed by atoms with Crippen LogP contribution in [0.2, 0.25) is 5.28 Å². The molecule has 1 aromatic heterocycles. The molecule has 0 saturated carbocycles. The number of nitrogens with one attached hydrogen (secondary N) is 1. The molecule has 3 N–H and O–H groups in total. The number of nitrogens with zero attached hydrogens (tertiary/aromatic N) is 2. The van der Waals surface area contributed by atoms with E-state index in [1.165, 1.54) is 18.3 Å². The Morgan fingerprint density at radius 1 is 1.50 bits per heavy atom. The Hall–Kier alpha value is -2.21. The van der Waals surface area contributed by atoms with Gasteiger partial charge < -0.3 is 11.1 Å². The van der Waals surface area contributed by atoms with Crippen LogP contribution in [0.1, 0.15) is 28.9 Å². The van der Waals surface area contributed by atoms with Gasteiger partial charge in [-0.05, 0) is 36.2 Å². The zero-order valence-electron chi connectivity index (χ0n) is 10.6. The number of carbonyl (C=O) groups excluding carboxylic acids is 1. The normalized spacial score (nSPS) is 11.9. The van der Waals surface area contributed by atoms with Crippen LogP contribution in [-0.2, 0) is 0 Å². The number of aromatic nitrogens is 2. The van der Waals surface area contributed by atoms with Crippen LogP contribution in [0.5, 0.6) is 0 Å². The fourth-order valence-corrected chi connectivity index (χ4v) is 1.85. The van der Waals surface area contributed by atoms with Crippen molar-refractivity contribution in [2.24, 2.45) is 5.73 Å². The Morgan fingerprint density at radius 2 is 2.25 bits per heavy atom. The van der Waals surface area contributed by atoms with Gasteiger partial charge in [-0.2, -0.15) is 4.98 Å². The molecule has 1 atom stereocenters. The SMILES string of the molecule is CC(Nc1nc(Cl)ncc1C(N)=O)c1cccc(F)c1. The number of benzene rings is 1. The molecule has 1 aromatic carbocycles. The second-order valence-corrected chi connectivity index (χ2v) is 4.52. The van der Waals surface area contributed by atoms with Gasteiger partial charge in [0, 0.05) is 6.20 Å². The molecule has 5 nitrogen and oxygen atoms in total. The number of anilines is 1. The molecular formula is C13H12ClFN4O. The maximum Gasteiger partial charge on any atom is 0.254 e. The number of carbonyl (C=O) groups is 1. The van der Waals surface area contributed by atoms with Crippen molar-refractivity contribution in [1.29, 1.82) is 0 Å². The number of primary amides is 1. The Morgan fingerprint density at radius 3 is 2.90 bits per heavy atom. The first-order valence-electron chi connectivity index (χ1n) is 5.81. The standard InChI is InChI=1S/C13H12ClFN4O/c1-7(8-3-2-4-9(15)5-8)18-12-10(11(16)20)6-17-13(14)19-12/h2-7H,1H3,(H2,16,20)(H,17,18,19). The Labute approximate surface area is 120 Å². The fraction of sp³-hybridized carbons (Fsp3) is 0.154. The molecule has 0 bridgehead atoms. The summed E-state index contributed by atoms with van der Waals surface area (Å²) in [5.41, 5.74) is 6.07. The van der Waals surface area contributed by atoms with Crippen LogP contribution in [0.3, 0.4) is 0 Å². The van der Waals surface area contributed by atoms with Crippen molar-refractivity contribution >= 4 is 23.3 Å². The lowest BCUT2D eigenvalue weighted by molar-refractivity contribution is 0.100. The quantitative estimate of drug-likeness (QED) is 0.849. The number of hydrogen-bond donors (Lipinski definition) is 2. The summed E-state index contributed by atoms with van der Waals surface area (Å²) < 4.78 is 13.2. The summed E-state index contributed by atoms with van der Waals surface area (Å²) in [4.78, 5) is 18.9. The highest BCUT2D eigenvalue weighted by Crippen LogP contribution is 2.21. The zero-order chi connectivity index (χ0) is 14.7. The van der Waals surface area contributed by atoms with Gasteiger partial charge in [-0.25, -0.2) is 9.37 Å². The van der Waals surface area contributed by atoms with Gasteiger partial charge in [-0.3, -0.25) is 4.79 Å². The van der Waals surface area contributed by atoms with Crippen molar-refractivity contribution < 1.29 is 9.18 Å². The number of halogens is 2. The lowest BCUT2D eigenvalue weighted by atomic mass is 10.1. The van der Waals surface area contributed by atoms with Crippen LogP contribution < -0.4 is 11.1 Å². The summed E-state index contributed by atoms with van der Waals surface area (Å²) >= 11 is 5.70. The molecule has 0 aliphatic rings. The van der Waals surface area contributed by atoms with Gasteiger partial charge in [0.1, 0.15) is 11.6 Å². The summed E-state index contributed by atoms with van der Waals surface area (Å²) in [5.74, 6) is -0.795. The summed E-state index contributed by atoms with van der Waals surface area (Å²) in [7, 11) is 0. The van der Waals surface area contributed by atoms with Gasteiger partial charge in [0.2, 0.25) is 5.28 Å². The third-order valence-electron chi connectivity index (χ3n) is 2.73. The average molecular weight is 295 g/mol. The highest BCUT2D eigenvalue weighted by molar-refractivity contribution is 6.28. The second-order valence-electron chi connectivity index (χ2n) is 4.19. The molecule has 1 heterocycles. The third-order valence-corrected chi connectivity index (χ3v) is 2.91. The average Bonchev–Trinajstić information content (AvgIpc) is 2.38. The van der Waals surface area contributed by atoms with Gasteiger partial charge in [-0.15, -0.1) is 0 Å². The second kappa shape index (κ2) is 5.83. The van der Waals surface area contributed by atoms with E-state index in [2.05, 4.69) is 15.3 Å². The van der Waals surface area contributed by atoms with Gasteiger partial charge in [-0.1, -0.05) is 12.1 Å². The predicted molar refractivity (Wildman–Crippen MR) is 74.0 cm³/mol. The molecule has 0 radical (unpaired) electrons. The van der Waals surface area contributed by atoms with Crippen LogP contribution in [0.15, 0.2) is 30.5 Å². The predicted octanol–water partition coefficient (Wildman–Crippen LogP) is 2.54. The first kappa shape index (κ1) is 14.2. The van der Waals surface area contributed by atoms with Crippen molar-refractivity contribution in [2.45, 2.75) is 13.0 Å². The molecule has 0 spiro atoms. The van der Waals surface area contributed by atoms with Crippen LogP contribution in [0, 0.1) is 5.82 Å². The van der Waals surface area contributed by atoms with Crippen molar-refractivity contribution in [3.63, 3.8) is 0 Å². The summed E-state index contributed by atoms with van der Waals surface area (Å²) in [6.45, 7) is 1.80. The van der Waals surface area contributed by atoms with Gasteiger partial charge in [0.05, 0.1) is 11.6 Å². The van der Waals surface area contributed by atoms with Gasteiger partial charge >= 0.3 is 0 Å². The molecule has 1 amide bonds. The monoisotopic (exact) mass is 294 g/mol. The summed E-state index contributed by atoms with van der Waals surface area (Å²) in [6, 6.07) is 5.82. The molecular weight excluding hydrogens is 283 g/mol. The lowest BCUT2D eigenvalue weighted by Gasteiger charge is -2.16. The van der Waals surface area contributed by atoms with Gasteiger partial charge in [0.25, 0.3) is 5.91 Å². The van der Waals surface area contributed by atoms with E-state index in [4.69, 9.17) is 17.3 Å². The molecule has 0 aliphatic carbocycles. The topological polar surface area (TPSA) is 80.9 Å². The Balaban J connectivity index is 2.29. The minimum Gasteiger partial charge on any atom is -0.365 e. The molecule has 0 aliphatic heterocycles. The van der Waals surface area contributed by atoms with Crippen LogP contribution in [0.4, 0.5) is 10.2 Å². The largest absolute Gasteiger partial charge is 0.365 e. The molecule has 20 heavy (non-hydrogen) atoms. The molecule has 0 saturated heterocycles. The van der Waals surface area contributed by atoms with E-state index in [-0.39, 0.29) is 28.5 Å². The molecule has 1 unspecified atom stereocenters. The summed E-state index contributed by atoms with van der Waals surface area (Å²) in [6.07, 6.45) is 1.25.